The molecule has 72 valence electrons. The van der Waals surface area contributed by atoms with Gasteiger partial charge in [-0.3, -0.25) is 0 Å². The molecule has 0 aromatic rings. The maximum Gasteiger partial charge on any atom is 0.0462 e. The number of hydrogen-bond donors (Lipinski definition) is 1. The lowest BCUT2D eigenvalue weighted by molar-refractivity contribution is 0.192. The molecule has 1 aliphatic carbocycles. The molecule has 1 unspecified atom stereocenters. The van der Waals surface area contributed by atoms with E-state index in [4.69, 9.17) is 4.74 Å². The highest BCUT2D eigenvalue weighted by molar-refractivity contribution is 4.82. The second-order valence-corrected chi connectivity index (χ2v) is 3.78. The molecule has 12 heavy (non-hydrogen) atoms. The van der Waals surface area contributed by atoms with Crippen LogP contribution in [-0.4, -0.2) is 26.3 Å². The summed E-state index contributed by atoms with van der Waals surface area (Å²) in [6, 6.07) is 0.743. The summed E-state index contributed by atoms with van der Waals surface area (Å²) in [6.45, 7) is 4.36. The van der Waals surface area contributed by atoms with Gasteiger partial charge in [0.1, 0.15) is 0 Å². The molecule has 0 radical (unpaired) electrons. The number of ether oxygens (including phenoxy) is 1. The number of hydrogen-bond acceptors (Lipinski definition) is 2. The van der Waals surface area contributed by atoms with Crippen LogP contribution >= 0.6 is 0 Å². The quantitative estimate of drug-likeness (QED) is 0.590. The number of unbranched alkanes of at least 4 members (excludes halogenated alkanes) is 1. The first-order chi connectivity index (χ1) is 5.84. The number of rotatable bonds is 7. The van der Waals surface area contributed by atoms with Gasteiger partial charge in [-0.05, 0) is 45.1 Å². The zero-order valence-corrected chi connectivity index (χ0v) is 8.31. The number of methoxy groups -OCH3 is 1. The zero-order valence-electron chi connectivity index (χ0n) is 8.31. The Morgan fingerprint density at radius 2 is 2.17 bits per heavy atom. The topological polar surface area (TPSA) is 21.3 Å². The monoisotopic (exact) mass is 171 g/mol. The molecule has 1 aliphatic rings. The zero-order chi connectivity index (χ0) is 8.81. The highest BCUT2D eigenvalue weighted by atomic mass is 16.5. The van der Waals surface area contributed by atoms with Gasteiger partial charge in [0.05, 0.1) is 0 Å². The highest BCUT2D eigenvalue weighted by Gasteiger charge is 2.26. The Bertz CT molecular complexity index is 112. The summed E-state index contributed by atoms with van der Waals surface area (Å²) in [5.41, 5.74) is 0. The molecule has 0 bridgehead atoms. The minimum absolute atomic E-state index is 0.743. The lowest BCUT2D eigenvalue weighted by Gasteiger charge is -2.11. The first-order valence-electron chi connectivity index (χ1n) is 5.07. The molecule has 0 saturated heterocycles. The Kier molecular flexibility index (Phi) is 4.62. The fraction of sp³-hybridized carbons (Fsp3) is 1.00. The van der Waals surface area contributed by atoms with Crippen molar-refractivity contribution in [2.24, 2.45) is 5.92 Å². The van der Waals surface area contributed by atoms with Gasteiger partial charge in [0.25, 0.3) is 0 Å². The van der Waals surface area contributed by atoms with Crippen molar-refractivity contribution >= 4 is 0 Å². The molecular weight excluding hydrogens is 150 g/mol. The number of nitrogens with one attached hydrogen (secondary N) is 1. The van der Waals surface area contributed by atoms with Gasteiger partial charge in [0.2, 0.25) is 0 Å². The van der Waals surface area contributed by atoms with Gasteiger partial charge in [0, 0.05) is 19.8 Å². The van der Waals surface area contributed by atoms with Gasteiger partial charge in [-0.15, -0.1) is 0 Å². The van der Waals surface area contributed by atoms with Crippen LogP contribution in [0, 0.1) is 5.92 Å². The van der Waals surface area contributed by atoms with E-state index in [0.717, 1.165) is 25.1 Å². The van der Waals surface area contributed by atoms with Gasteiger partial charge in [-0.25, -0.2) is 0 Å². The van der Waals surface area contributed by atoms with E-state index in [2.05, 4.69) is 12.2 Å². The Hall–Kier alpha value is -0.0800. The predicted octanol–water partition coefficient (Wildman–Crippen LogP) is 1.80. The summed E-state index contributed by atoms with van der Waals surface area (Å²) in [5.74, 6) is 0.979. The molecule has 0 spiro atoms. The van der Waals surface area contributed by atoms with Crippen molar-refractivity contribution in [1.82, 2.24) is 5.32 Å². The van der Waals surface area contributed by atoms with Gasteiger partial charge in [0.15, 0.2) is 0 Å². The highest BCUT2D eigenvalue weighted by Crippen LogP contribution is 2.32. The van der Waals surface area contributed by atoms with Crippen molar-refractivity contribution in [3.05, 3.63) is 0 Å². The van der Waals surface area contributed by atoms with Crippen LogP contribution in [0.2, 0.25) is 0 Å². The lowest BCUT2D eigenvalue weighted by Crippen LogP contribution is -2.28. The molecule has 1 atom stereocenters. The summed E-state index contributed by atoms with van der Waals surface area (Å²) < 4.78 is 4.98. The van der Waals surface area contributed by atoms with Gasteiger partial charge < -0.3 is 10.1 Å². The van der Waals surface area contributed by atoms with Crippen molar-refractivity contribution < 1.29 is 4.74 Å². The fourth-order valence-corrected chi connectivity index (χ4v) is 1.46. The second-order valence-electron chi connectivity index (χ2n) is 3.78. The van der Waals surface area contributed by atoms with Crippen LogP contribution in [0.25, 0.3) is 0 Å². The normalized spacial score (nSPS) is 19.5. The molecule has 0 aromatic heterocycles. The van der Waals surface area contributed by atoms with E-state index >= 15 is 0 Å². The summed E-state index contributed by atoms with van der Waals surface area (Å²) in [4.78, 5) is 0. The Morgan fingerprint density at radius 3 is 2.75 bits per heavy atom. The van der Waals surface area contributed by atoms with Crippen LogP contribution in [0.4, 0.5) is 0 Å². The predicted molar refractivity (Wildman–Crippen MR) is 51.3 cm³/mol. The lowest BCUT2D eigenvalue weighted by atomic mass is 10.2. The van der Waals surface area contributed by atoms with Crippen LogP contribution in [0.3, 0.4) is 0 Å². The average Bonchev–Trinajstić information content (AvgIpc) is 2.86. The van der Waals surface area contributed by atoms with Crippen molar-refractivity contribution in [3.8, 4) is 0 Å². The largest absolute Gasteiger partial charge is 0.385 e. The summed E-state index contributed by atoms with van der Waals surface area (Å²) in [7, 11) is 1.76. The molecule has 1 N–H and O–H groups in total. The van der Waals surface area contributed by atoms with Crippen LogP contribution in [0.1, 0.15) is 32.6 Å². The van der Waals surface area contributed by atoms with Crippen molar-refractivity contribution in [1.29, 1.82) is 0 Å². The van der Waals surface area contributed by atoms with Crippen LogP contribution in [-0.2, 0) is 4.74 Å². The Labute approximate surface area is 75.7 Å². The molecule has 2 nitrogen and oxygen atoms in total. The molecule has 0 aromatic carbocycles. The third-order valence-electron chi connectivity index (χ3n) is 2.57. The second kappa shape index (κ2) is 5.55. The van der Waals surface area contributed by atoms with E-state index in [-0.39, 0.29) is 0 Å². The molecule has 2 heteroatoms. The SMILES string of the molecule is COCCCCNC(C)C1CC1. The first-order valence-corrected chi connectivity index (χ1v) is 5.07. The van der Waals surface area contributed by atoms with E-state index < -0.39 is 0 Å². The molecule has 0 amide bonds. The Morgan fingerprint density at radius 1 is 1.42 bits per heavy atom. The maximum absolute atomic E-state index is 4.98. The van der Waals surface area contributed by atoms with Crippen LogP contribution < -0.4 is 5.32 Å². The molecule has 0 aliphatic heterocycles. The molecular formula is C10H21NO. The summed E-state index contributed by atoms with van der Waals surface area (Å²) in [6.07, 6.45) is 5.30. The third-order valence-corrected chi connectivity index (χ3v) is 2.57. The standard InChI is InChI=1S/C10H21NO/c1-9(10-5-6-10)11-7-3-4-8-12-2/h9-11H,3-8H2,1-2H3. The minimum Gasteiger partial charge on any atom is -0.385 e. The summed E-state index contributed by atoms with van der Waals surface area (Å²) >= 11 is 0. The summed E-state index contributed by atoms with van der Waals surface area (Å²) in [5, 5.41) is 3.55. The minimum atomic E-state index is 0.743. The van der Waals surface area contributed by atoms with E-state index in [0.29, 0.717) is 0 Å². The van der Waals surface area contributed by atoms with Gasteiger partial charge in [-0.1, -0.05) is 0 Å². The molecule has 1 saturated carbocycles. The van der Waals surface area contributed by atoms with Crippen LogP contribution in [0.5, 0.6) is 0 Å². The van der Waals surface area contributed by atoms with E-state index in [1.165, 1.54) is 25.7 Å². The van der Waals surface area contributed by atoms with Crippen molar-refractivity contribution in [3.63, 3.8) is 0 Å². The first kappa shape index (κ1) is 10.0. The maximum atomic E-state index is 4.98. The molecule has 1 fully saturated rings. The smallest absolute Gasteiger partial charge is 0.0462 e. The average molecular weight is 171 g/mol. The molecule has 0 heterocycles. The van der Waals surface area contributed by atoms with Crippen LogP contribution in [0.15, 0.2) is 0 Å². The molecule has 1 rings (SSSR count). The van der Waals surface area contributed by atoms with E-state index in [1.807, 2.05) is 0 Å². The Balaban J connectivity index is 1.81. The van der Waals surface area contributed by atoms with Gasteiger partial charge >= 0.3 is 0 Å². The van der Waals surface area contributed by atoms with Crippen molar-refractivity contribution in [2.75, 3.05) is 20.3 Å². The van der Waals surface area contributed by atoms with E-state index in [9.17, 15) is 0 Å². The van der Waals surface area contributed by atoms with Crippen molar-refractivity contribution in [2.45, 2.75) is 38.6 Å². The van der Waals surface area contributed by atoms with Gasteiger partial charge in [-0.2, -0.15) is 0 Å². The fourth-order valence-electron chi connectivity index (χ4n) is 1.46. The third kappa shape index (κ3) is 4.07. The van der Waals surface area contributed by atoms with E-state index in [1.54, 1.807) is 7.11 Å².